The van der Waals surface area contributed by atoms with Crippen molar-refractivity contribution >= 4 is 11.6 Å². The second kappa shape index (κ2) is 6.63. The number of alkyl halides is 3. The molecular formula is C14H19F3N2O. The number of nitrogens with one attached hydrogen (secondary N) is 2. The third-order valence-electron chi connectivity index (χ3n) is 2.97. The molecule has 0 radical (unpaired) electrons. The van der Waals surface area contributed by atoms with E-state index in [-0.39, 0.29) is 17.6 Å². The van der Waals surface area contributed by atoms with Crippen LogP contribution in [0, 0.1) is 0 Å². The van der Waals surface area contributed by atoms with Gasteiger partial charge in [0.2, 0.25) is 5.91 Å². The lowest BCUT2D eigenvalue weighted by atomic mass is 10.1. The lowest BCUT2D eigenvalue weighted by Gasteiger charge is -2.19. The summed E-state index contributed by atoms with van der Waals surface area (Å²) in [5, 5.41) is 5.54. The van der Waals surface area contributed by atoms with Crippen molar-refractivity contribution in [3.8, 4) is 0 Å². The Morgan fingerprint density at radius 1 is 1.30 bits per heavy atom. The Labute approximate surface area is 116 Å². The summed E-state index contributed by atoms with van der Waals surface area (Å²) in [5.74, 6) is -0.239. The minimum atomic E-state index is -4.39. The van der Waals surface area contributed by atoms with E-state index < -0.39 is 17.8 Å². The molecule has 1 aromatic rings. The van der Waals surface area contributed by atoms with E-state index in [4.69, 9.17) is 0 Å². The van der Waals surface area contributed by atoms with E-state index in [0.717, 1.165) is 18.6 Å². The number of hydrogen-bond donors (Lipinski definition) is 2. The highest BCUT2D eigenvalue weighted by Gasteiger charge is 2.30. The zero-order valence-electron chi connectivity index (χ0n) is 11.7. The fraction of sp³-hybridized carbons (Fsp3) is 0.500. The standard InChI is InChI=1S/C14H19F3N2O/c1-4-9(2)18-13(20)10(3)19-12-7-5-6-11(8-12)14(15,16)17/h5-10,19H,4H2,1-3H3,(H,18,20). The van der Waals surface area contributed by atoms with Gasteiger partial charge < -0.3 is 10.6 Å². The topological polar surface area (TPSA) is 41.1 Å². The van der Waals surface area contributed by atoms with Gasteiger partial charge in [-0.1, -0.05) is 13.0 Å². The van der Waals surface area contributed by atoms with E-state index in [1.165, 1.54) is 12.1 Å². The molecule has 0 aromatic heterocycles. The summed E-state index contributed by atoms with van der Waals surface area (Å²) in [4.78, 5) is 11.8. The maximum Gasteiger partial charge on any atom is 0.416 e. The number of anilines is 1. The first-order valence-electron chi connectivity index (χ1n) is 6.48. The van der Waals surface area contributed by atoms with Crippen molar-refractivity contribution in [2.75, 3.05) is 5.32 Å². The molecule has 0 bridgehead atoms. The highest BCUT2D eigenvalue weighted by Crippen LogP contribution is 2.30. The van der Waals surface area contributed by atoms with Gasteiger partial charge in [-0.3, -0.25) is 4.79 Å². The van der Waals surface area contributed by atoms with Gasteiger partial charge >= 0.3 is 6.18 Å². The zero-order chi connectivity index (χ0) is 15.3. The van der Waals surface area contributed by atoms with Crippen molar-refractivity contribution in [1.29, 1.82) is 0 Å². The Hall–Kier alpha value is -1.72. The predicted octanol–water partition coefficient (Wildman–Crippen LogP) is 3.42. The lowest BCUT2D eigenvalue weighted by molar-refractivity contribution is -0.137. The first-order chi connectivity index (χ1) is 9.24. The molecule has 3 nitrogen and oxygen atoms in total. The molecule has 6 heteroatoms. The molecular weight excluding hydrogens is 269 g/mol. The maximum atomic E-state index is 12.6. The van der Waals surface area contributed by atoms with Crippen LogP contribution in [0.1, 0.15) is 32.8 Å². The summed E-state index contributed by atoms with van der Waals surface area (Å²) < 4.78 is 37.7. The average molecular weight is 288 g/mol. The first-order valence-corrected chi connectivity index (χ1v) is 6.48. The molecule has 1 rings (SSSR count). The smallest absolute Gasteiger partial charge is 0.374 e. The van der Waals surface area contributed by atoms with Crippen LogP contribution in [0.4, 0.5) is 18.9 Å². The van der Waals surface area contributed by atoms with Crippen LogP contribution in [0.3, 0.4) is 0 Å². The fourth-order valence-electron chi connectivity index (χ4n) is 1.57. The fourth-order valence-corrected chi connectivity index (χ4v) is 1.57. The second-order valence-electron chi connectivity index (χ2n) is 4.76. The van der Waals surface area contributed by atoms with Gasteiger partial charge in [0.05, 0.1) is 5.56 Å². The predicted molar refractivity (Wildman–Crippen MR) is 72.4 cm³/mol. The van der Waals surface area contributed by atoms with Gasteiger partial charge in [0.15, 0.2) is 0 Å². The van der Waals surface area contributed by atoms with Gasteiger partial charge in [-0.05, 0) is 38.5 Å². The number of rotatable bonds is 5. The number of carbonyl (C=O) groups excluding carboxylic acids is 1. The SMILES string of the molecule is CCC(C)NC(=O)C(C)Nc1cccc(C(F)(F)F)c1. The van der Waals surface area contributed by atoms with Crippen molar-refractivity contribution in [1.82, 2.24) is 5.32 Å². The highest BCUT2D eigenvalue weighted by molar-refractivity contribution is 5.84. The molecule has 0 fully saturated rings. The number of benzene rings is 1. The van der Waals surface area contributed by atoms with Crippen LogP contribution in [-0.2, 0) is 11.0 Å². The molecule has 2 atom stereocenters. The molecule has 0 spiro atoms. The Morgan fingerprint density at radius 3 is 2.50 bits per heavy atom. The van der Waals surface area contributed by atoms with E-state index in [2.05, 4.69) is 10.6 Å². The van der Waals surface area contributed by atoms with Crippen molar-refractivity contribution < 1.29 is 18.0 Å². The van der Waals surface area contributed by atoms with Crippen LogP contribution in [0.2, 0.25) is 0 Å². The van der Waals surface area contributed by atoms with Crippen molar-refractivity contribution in [3.63, 3.8) is 0 Å². The largest absolute Gasteiger partial charge is 0.416 e. The summed E-state index contributed by atoms with van der Waals surface area (Å²) >= 11 is 0. The Balaban J connectivity index is 2.71. The Morgan fingerprint density at radius 2 is 1.95 bits per heavy atom. The average Bonchev–Trinajstić information content (AvgIpc) is 2.37. The van der Waals surface area contributed by atoms with Gasteiger partial charge in [0.1, 0.15) is 6.04 Å². The zero-order valence-corrected chi connectivity index (χ0v) is 11.7. The summed E-state index contributed by atoms with van der Waals surface area (Å²) in [6.45, 7) is 5.42. The molecule has 2 unspecified atom stereocenters. The molecule has 0 saturated carbocycles. The molecule has 0 aliphatic rings. The number of amides is 1. The Bertz CT molecular complexity index is 460. The maximum absolute atomic E-state index is 12.6. The van der Waals surface area contributed by atoms with Crippen LogP contribution < -0.4 is 10.6 Å². The third-order valence-corrected chi connectivity index (χ3v) is 2.97. The van der Waals surface area contributed by atoms with E-state index in [9.17, 15) is 18.0 Å². The molecule has 0 aliphatic heterocycles. The number of hydrogen-bond acceptors (Lipinski definition) is 2. The van der Waals surface area contributed by atoms with Crippen LogP contribution in [-0.4, -0.2) is 18.0 Å². The monoisotopic (exact) mass is 288 g/mol. The molecule has 20 heavy (non-hydrogen) atoms. The van der Waals surface area contributed by atoms with Gasteiger partial charge in [0.25, 0.3) is 0 Å². The summed E-state index contributed by atoms with van der Waals surface area (Å²) in [7, 11) is 0. The van der Waals surface area contributed by atoms with Gasteiger partial charge in [0, 0.05) is 11.7 Å². The molecule has 0 heterocycles. The first kappa shape index (κ1) is 16.3. The van der Waals surface area contributed by atoms with Gasteiger partial charge in [-0.15, -0.1) is 0 Å². The quantitative estimate of drug-likeness (QED) is 0.871. The van der Waals surface area contributed by atoms with Crippen LogP contribution in [0.25, 0.3) is 0 Å². The number of halogens is 3. The molecule has 112 valence electrons. The minimum absolute atomic E-state index is 0.0354. The minimum Gasteiger partial charge on any atom is -0.374 e. The highest BCUT2D eigenvalue weighted by atomic mass is 19.4. The summed E-state index contributed by atoms with van der Waals surface area (Å²) in [6.07, 6.45) is -3.60. The van der Waals surface area contributed by atoms with Crippen molar-refractivity contribution in [2.45, 2.75) is 45.5 Å². The Kier molecular flexibility index (Phi) is 5.42. The van der Waals surface area contributed by atoms with Crippen molar-refractivity contribution in [2.24, 2.45) is 0 Å². The third kappa shape index (κ3) is 4.75. The van der Waals surface area contributed by atoms with E-state index in [1.807, 2.05) is 13.8 Å². The summed E-state index contributed by atoms with van der Waals surface area (Å²) in [6, 6.07) is 4.23. The van der Waals surface area contributed by atoms with Crippen LogP contribution in [0.15, 0.2) is 24.3 Å². The van der Waals surface area contributed by atoms with Crippen molar-refractivity contribution in [3.05, 3.63) is 29.8 Å². The van der Waals surface area contributed by atoms with Gasteiger partial charge in [-0.2, -0.15) is 13.2 Å². The van der Waals surface area contributed by atoms with E-state index in [0.29, 0.717) is 0 Å². The van der Waals surface area contributed by atoms with Crippen LogP contribution >= 0.6 is 0 Å². The lowest BCUT2D eigenvalue weighted by Crippen LogP contribution is -2.41. The van der Waals surface area contributed by atoms with E-state index >= 15 is 0 Å². The molecule has 0 aliphatic carbocycles. The van der Waals surface area contributed by atoms with Gasteiger partial charge in [-0.25, -0.2) is 0 Å². The normalized spacial score (nSPS) is 14.5. The molecule has 1 amide bonds. The van der Waals surface area contributed by atoms with Crippen LogP contribution in [0.5, 0.6) is 0 Å². The summed E-state index contributed by atoms with van der Waals surface area (Å²) in [5.41, 5.74) is -0.469. The number of carbonyl (C=O) groups is 1. The molecule has 2 N–H and O–H groups in total. The van der Waals surface area contributed by atoms with E-state index in [1.54, 1.807) is 6.92 Å². The second-order valence-corrected chi connectivity index (χ2v) is 4.76. The molecule has 0 saturated heterocycles. The molecule has 1 aromatic carbocycles.